The molecule has 0 bridgehead atoms. The van der Waals surface area contributed by atoms with Crippen LogP contribution < -0.4 is 0 Å². The first kappa shape index (κ1) is 13.8. The zero-order valence-corrected chi connectivity index (χ0v) is 11.6. The van der Waals surface area contributed by atoms with Crippen molar-refractivity contribution in [1.29, 1.82) is 0 Å². The topological polar surface area (TPSA) is 63.7 Å². The smallest absolute Gasteiger partial charge is 0.222 e. The molecule has 1 amide bonds. The molecular weight excluding hydrogens is 254 g/mol. The molecule has 0 spiro atoms. The molecule has 0 N–H and O–H groups in total. The maximum absolute atomic E-state index is 12.0. The standard InChI is InChI=1S/C12H21NO4S/c1-2-12(14)13(8-11-4-3-6-17-11)10-5-7-18(15,16)9-10/h10-11H,2-9H2,1H3. The summed E-state index contributed by atoms with van der Waals surface area (Å²) in [6.07, 6.45) is 3.07. The summed E-state index contributed by atoms with van der Waals surface area (Å²) in [7, 11) is -2.95. The molecule has 2 rings (SSSR count). The van der Waals surface area contributed by atoms with Crippen LogP contribution in [0.4, 0.5) is 0 Å². The van der Waals surface area contributed by atoms with Crippen LogP contribution in [0.1, 0.15) is 32.6 Å². The Morgan fingerprint density at radius 1 is 1.39 bits per heavy atom. The SMILES string of the molecule is CCC(=O)N(CC1CCCO1)C1CCS(=O)(=O)C1. The second-order valence-electron chi connectivity index (χ2n) is 5.09. The lowest BCUT2D eigenvalue weighted by molar-refractivity contribution is -0.134. The van der Waals surface area contributed by atoms with Gasteiger partial charge >= 0.3 is 0 Å². The van der Waals surface area contributed by atoms with Gasteiger partial charge in [0.25, 0.3) is 0 Å². The predicted molar refractivity (Wildman–Crippen MR) is 68.0 cm³/mol. The predicted octanol–water partition coefficient (Wildman–Crippen LogP) is 0.591. The van der Waals surface area contributed by atoms with Gasteiger partial charge in [-0.3, -0.25) is 4.79 Å². The van der Waals surface area contributed by atoms with E-state index in [1.54, 1.807) is 4.90 Å². The number of hydrogen-bond donors (Lipinski definition) is 0. The number of carbonyl (C=O) groups is 1. The lowest BCUT2D eigenvalue weighted by Crippen LogP contribution is -2.44. The van der Waals surface area contributed by atoms with Crippen LogP contribution in [0.2, 0.25) is 0 Å². The Balaban J connectivity index is 2.03. The largest absolute Gasteiger partial charge is 0.376 e. The summed E-state index contributed by atoms with van der Waals surface area (Å²) in [6.45, 7) is 3.11. The van der Waals surface area contributed by atoms with Gasteiger partial charge in [0, 0.05) is 25.6 Å². The number of nitrogens with zero attached hydrogens (tertiary/aromatic N) is 1. The average molecular weight is 275 g/mol. The number of sulfone groups is 1. The molecule has 5 nitrogen and oxygen atoms in total. The number of amides is 1. The first-order valence-electron chi connectivity index (χ1n) is 6.63. The minimum atomic E-state index is -2.95. The van der Waals surface area contributed by atoms with Crippen molar-refractivity contribution in [2.45, 2.75) is 44.8 Å². The van der Waals surface area contributed by atoms with Gasteiger partial charge in [0.1, 0.15) is 0 Å². The average Bonchev–Trinajstić information content (AvgIpc) is 2.94. The summed E-state index contributed by atoms with van der Waals surface area (Å²) < 4.78 is 28.6. The second-order valence-corrected chi connectivity index (χ2v) is 7.32. The molecule has 2 saturated heterocycles. The van der Waals surface area contributed by atoms with Crippen molar-refractivity contribution >= 4 is 15.7 Å². The van der Waals surface area contributed by atoms with Crippen molar-refractivity contribution in [2.24, 2.45) is 0 Å². The van der Waals surface area contributed by atoms with Gasteiger partial charge in [-0.25, -0.2) is 8.42 Å². The normalized spacial score (nSPS) is 30.5. The van der Waals surface area contributed by atoms with E-state index in [1.807, 2.05) is 6.92 Å². The van der Waals surface area contributed by atoms with E-state index >= 15 is 0 Å². The van der Waals surface area contributed by atoms with Gasteiger partial charge in [0.05, 0.1) is 17.6 Å². The maximum Gasteiger partial charge on any atom is 0.222 e. The highest BCUT2D eigenvalue weighted by Crippen LogP contribution is 2.21. The summed E-state index contributed by atoms with van der Waals surface area (Å²) in [4.78, 5) is 13.7. The minimum absolute atomic E-state index is 0.0348. The Bertz CT molecular complexity index is 400. The van der Waals surface area contributed by atoms with Crippen LogP contribution in [0, 0.1) is 0 Å². The molecule has 2 unspecified atom stereocenters. The molecule has 0 aromatic carbocycles. The molecule has 0 saturated carbocycles. The Morgan fingerprint density at radius 2 is 2.17 bits per heavy atom. The van der Waals surface area contributed by atoms with Crippen molar-refractivity contribution in [1.82, 2.24) is 4.90 Å². The number of rotatable bonds is 4. The summed E-state index contributed by atoms with van der Waals surface area (Å²) >= 11 is 0. The van der Waals surface area contributed by atoms with Crippen LogP contribution in [0.25, 0.3) is 0 Å². The Morgan fingerprint density at radius 3 is 2.67 bits per heavy atom. The highest BCUT2D eigenvalue weighted by Gasteiger charge is 2.35. The summed E-state index contributed by atoms with van der Waals surface area (Å²) in [5, 5.41) is 0. The minimum Gasteiger partial charge on any atom is -0.376 e. The lowest BCUT2D eigenvalue weighted by atomic mass is 10.1. The van der Waals surface area contributed by atoms with Crippen molar-refractivity contribution in [3.8, 4) is 0 Å². The van der Waals surface area contributed by atoms with Crippen LogP contribution in [0.15, 0.2) is 0 Å². The third-order valence-corrected chi connectivity index (χ3v) is 5.45. The van der Waals surface area contributed by atoms with Gasteiger partial charge in [0.2, 0.25) is 5.91 Å². The van der Waals surface area contributed by atoms with Crippen molar-refractivity contribution in [2.75, 3.05) is 24.7 Å². The molecule has 104 valence electrons. The van der Waals surface area contributed by atoms with Crippen LogP contribution in [0.5, 0.6) is 0 Å². The Labute approximate surface area is 108 Å². The first-order chi connectivity index (χ1) is 8.52. The van der Waals surface area contributed by atoms with Gasteiger partial charge in [-0.2, -0.15) is 0 Å². The van der Waals surface area contributed by atoms with E-state index in [2.05, 4.69) is 0 Å². The number of carbonyl (C=O) groups excluding carboxylic acids is 1. The summed E-state index contributed by atoms with van der Waals surface area (Å²) in [6, 6.07) is -0.147. The van der Waals surface area contributed by atoms with Crippen LogP contribution in [-0.4, -0.2) is 56.0 Å². The maximum atomic E-state index is 12.0. The van der Waals surface area contributed by atoms with Crippen molar-refractivity contribution in [3.05, 3.63) is 0 Å². The quantitative estimate of drug-likeness (QED) is 0.753. The van der Waals surface area contributed by atoms with Crippen molar-refractivity contribution < 1.29 is 17.9 Å². The fraction of sp³-hybridized carbons (Fsp3) is 0.917. The molecule has 0 aromatic heterocycles. The van der Waals surface area contributed by atoms with E-state index in [-0.39, 0.29) is 29.6 Å². The fourth-order valence-electron chi connectivity index (χ4n) is 2.69. The molecule has 2 atom stereocenters. The van der Waals surface area contributed by atoms with Gasteiger partial charge in [-0.1, -0.05) is 6.92 Å². The highest BCUT2D eigenvalue weighted by atomic mass is 32.2. The number of ether oxygens (including phenoxy) is 1. The van der Waals surface area contributed by atoms with Gasteiger partial charge in [-0.15, -0.1) is 0 Å². The van der Waals surface area contributed by atoms with Crippen LogP contribution >= 0.6 is 0 Å². The summed E-state index contributed by atoms with van der Waals surface area (Å²) in [5.74, 6) is 0.356. The molecule has 0 aromatic rings. The zero-order valence-electron chi connectivity index (χ0n) is 10.8. The Hall–Kier alpha value is -0.620. The molecule has 2 heterocycles. The zero-order chi connectivity index (χ0) is 13.2. The molecule has 18 heavy (non-hydrogen) atoms. The van der Waals surface area contributed by atoms with Crippen LogP contribution in [-0.2, 0) is 19.4 Å². The van der Waals surface area contributed by atoms with E-state index in [0.29, 0.717) is 19.4 Å². The third-order valence-electron chi connectivity index (χ3n) is 3.70. The van der Waals surface area contributed by atoms with E-state index in [1.165, 1.54) is 0 Å². The van der Waals surface area contributed by atoms with E-state index in [0.717, 1.165) is 19.4 Å². The Kier molecular flexibility index (Phi) is 4.27. The van der Waals surface area contributed by atoms with Crippen molar-refractivity contribution in [3.63, 3.8) is 0 Å². The molecule has 6 heteroatoms. The van der Waals surface area contributed by atoms with Gasteiger partial charge in [0.15, 0.2) is 9.84 Å². The highest BCUT2D eigenvalue weighted by molar-refractivity contribution is 7.91. The molecular formula is C12H21NO4S. The molecule has 0 aliphatic carbocycles. The fourth-order valence-corrected chi connectivity index (χ4v) is 4.42. The molecule has 2 aliphatic heterocycles. The third kappa shape index (κ3) is 3.23. The monoisotopic (exact) mass is 275 g/mol. The van der Waals surface area contributed by atoms with E-state index in [9.17, 15) is 13.2 Å². The molecule has 0 radical (unpaired) electrons. The lowest BCUT2D eigenvalue weighted by Gasteiger charge is -2.30. The number of hydrogen-bond acceptors (Lipinski definition) is 4. The van der Waals surface area contributed by atoms with E-state index < -0.39 is 9.84 Å². The van der Waals surface area contributed by atoms with Gasteiger partial charge in [-0.05, 0) is 19.3 Å². The molecule has 2 aliphatic rings. The summed E-state index contributed by atoms with van der Waals surface area (Å²) in [5.41, 5.74) is 0. The first-order valence-corrected chi connectivity index (χ1v) is 8.45. The molecule has 2 fully saturated rings. The van der Waals surface area contributed by atoms with Crippen LogP contribution in [0.3, 0.4) is 0 Å². The van der Waals surface area contributed by atoms with E-state index in [4.69, 9.17) is 4.74 Å². The second kappa shape index (κ2) is 5.57. The van der Waals surface area contributed by atoms with Gasteiger partial charge < -0.3 is 9.64 Å².